The molecule has 0 bridgehead atoms. The van der Waals surface area contributed by atoms with E-state index < -0.39 is 0 Å². The molecule has 0 fully saturated rings. The van der Waals surface area contributed by atoms with Gasteiger partial charge in [-0.05, 0) is 31.6 Å². The van der Waals surface area contributed by atoms with Crippen LogP contribution < -0.4 is 0 Å². The van der Waals surface area contributed by atoms with Crippen LogP contribution in [0, 0.1) is 5.92 Å². The molecule has 0 radical (unpaired) electrons. The first-order valence-electron chi connectivity index (χ1n) is 7.90. The Balaban J connectivity index is 3.47. The van der Waals surface area contributed by atoms with Crippen molar-refractivity contribution in [1.29, 1.82) is 0 Å². The van der Waals surface area contributed by atoms with Gasteiger partial charge in [-0.3, -0.25) is 9.59 Å². The molecule has 0 heterocycles. The summed E-state index contributed by atoms with van der Waals surface area (Å²) in [6.07, 6.45) is 4.74. The molecule has 5 nitrogen and oxygen atoms in total. The van der Waals surface area contributed by atoms with E-state index in [1.807, 2.05) is 6.92 Å². The van der Waals surface area contributed by atoms with Gasteiger partial charge in [-0.25, -0.2) is 0 Å². The Morgan fingerprint density at radius 3 is 2.05 bits per heavy atom. The SMILES string of the molecule is CCCCOC(=O)CCCC(=O)OCCC(C)CCOC. The lowest BCUT2D eigenvalue weighted by atomic mass is 10.1. The molecule has 0 rings (SSSR count). The van der Waals surface area contributed by atoms with Gasteiger partial charge < -0.3 is 14.2 Å². The lowest BCUT2D eigenvalue weighted by Gasteiger charge is -2.10. The Labute approximate surface area is 128 Å². The molecule has 124 valence electrons. The molecule has 0 aromatic carbocycles. The molecule has 0 saturated carbocycles. The van der Waals surface area contributed by atoms with Crippen molar-refractivity contribution in [3.05, 3.63) is 0 Å². The average molecular weight is 302 g/mol. The number of rotatable bonds is 13. The fourth-order valence-electron chi connectivity index (χ4n) is 1.69. The van der Waals surface area contributed by atoms with Gasteiger partial charge in [0.25, 0.3) is 0 Å². The lowest BCUT2D eigenvalue weighted by molar-refractivity contribution is -0.145. The Bertz CT molecular complexity index is 278. The maximum atomic E-state index is 11.5. The normalized spacial score (nSPS) is 12.0. The monoisotopic (exact) mass is 302 g/mol. The van der Waals surface area contributed by atoms with Crippen LogP contribution in [-0.4, -0.2) is 38.9 Å². The van der Waals surface area contributed by atoms with Crippen molar-refractivity contribution in [1.82, 2.24) is 0 Å². The van der Waals surface area contributed by atoms with Gasteiger partial charge >= 0.3 is 11.9 Å². The van der Waals surface area contributed by atoms with E-state index in [0.29, 0.717) is 25.6 Å². The number of ether oxygens (including phenoxy) is 3. The number of esters is 2. The van der Waals surface area contributed by atoms with Gasteiger partial charge in [-0.1, -0.05) is 20.3 Å². The molecule has 1 atom stereocenters. The van der Waals surface area contributed by atoms with E-state index in [-0.39, 0.29) is 24.8 Å². The van der Waals surface area contributed by atoms with Crippen LogP contribution in [0.3, 0.4) is 0 Å². The summed E-state index contributed by atoms with van der Waals surface area (Å²) in [7, 11) is 1.68. The number of carbonyl (C=O) groups is 2. The zero-order valence-corrected chi connectivity index (χ0v) is 13.7. The van der Waals surface area contributed by atoms with Gasteiger partial charge in [-0.2, -0.15) is 0 Å². The molecule has 0 aromatic rings. The van der Waals surface area contributed by atoms with E-state index in [2.05, 4.69) is 6.92 Å². The summed E-state index contributed by atoms with van der Waals surface area (Å²) in [5.41, 5.74) is 0. The van der Waals surface area contributed by atoms with Gasteiger partial charge in [0, 0.05) is 26.6 Å². The highest BCUT2D eigenvalue weighted by Gasteiger charge is 2.08. The Hall–Kier alpha value is -1.10. The predicted molar refractivity (Wildman–Crippen MR) is 81.0 cm³/mol. The van der Waals surface area contributed by atoms with Crippen LogP contribution in [0.4, 0.5) is 0 Å². The van der Waals surface area contributed by atoms with Crippen LogP contribution in [0.1, 0.15) is 58.8 Å². The van der Waals surface area contributed by atoms with E-state index in [1.54, 1.807) is 7.11 Å². The minimum Gasteiger partial charge on any atom is -0.466 e. The predicted octanol–water partition coefficient (Wildman–Crippen LogP) is 3.11. The van der Waals surface area contributed by atoms with Crippen molar-refractivity contribution < 1.29 is 23.8 Å². The van der Waals surface area contributed by atoms with Gasteiger partial charge in [-0.15, -0.1) is 0 Å². The van der Waals surface area contributed by atoms with E-state index in [4.69, 9.17) is 14.2 Å². The molecule has 0 amide bonds. The molecule has 5 heteroatoms. The molecule has 0 aliphatic heterocycles. The third-order valence-electron chi connectivity index (χ3n) is 3.21. The molecular formula is C16H30O5. The van der Waals surface area contributed by atoms with Crippen LogP contribution in [-0.2, 0) is 23.8 Å². The molecule has 21 heavy (non-hydrogen) atoms. The zero-order chi connectivity index (χ0) is 15.9. The summed E-state index contributed by atoms with van der Waals surface area (Å²) in [6, 6.07) is 0. The maximum Gasteiger partial charge on any atom is 0.305 e. The van der Waals surface area contributed by atoms with Gasteiger partial charge in [0.15, 0.2) is 0 Å². The minimum atomic E-state index is -0.240. The first-order chi connectivity index (χ1) is 10.1. The molecule has 0 N–H and O–H groups in total. The van der Waals surface area contributed by atoms with Crippen molar-refractivity contribution in [3.63, 3.8) is 0 Å². The summed E-state index contributed by atoms with van der Waals surface area (Å²) in [5, 5.41) is 0. The number of carbonyl (C=O) groups excluding carboxylic acids is 2. The second-order valence-corrected chi connectivity index (χ2v) is 5.32. The molecule has 0 aliphatic carbocycles. The molecular weight excluding hydrogens is 272 g/mol. The molecule has 0 aromatic heterocycles. The van der Waals surface area contributed by atoms with E-state index >= 15 is 0 Å². The van der Waals surface area contributed by atoms with Crippen molar-refractivity contribution in [2.24, 2.45) is 5.92 Å². The number of hydrogen-bond donors (Lipinski definition) is 0. The molecule has 0 saturated heterocycles. The topological polar surface area (TPSA) is 61.8 Å². The van der Waals surface area contributed by atoms with Crippen LogP contribution in [0.5, 0.6) is 0 Å². The third kappa shape index (κ3) is 13.6. The Morgan fingerprint density at radius 2 is 1.48 bits per heavy atom. The minimum absolute atomic E-state index is 0.232. The number of hydrogen-bond acceptors (Lipinski definition) is 5. The van der Waals surface area contributed by atoms with Gasteiger partial charge in [0.2, 0.25) is 0 Å². The third-order valence-corrected chi connectivity index (χ3v) is 3.21. The van der Waals surface area contributed by atoms with E-state index in [9.17, 15) is 9.59 Å². The van der Waals surface area contributed by atoms with Gasteiger partial charge in [0.05, 0.1) is 13.2 Å². The van der Waals surface area contributed by atoms with Crippen LogP contribution in [0.25, 0.3) is 0 Å². The fraction of sp³-hybridized carbons (Fsp3) is 0.875. The standard InChI is InChI=1S/C16H30O5/c1-4-5-11-20-15(17)7-6-8-16(18)21-13-10-14(2)9-12-19-3/h14H,4-13H2,1-3H3. The fourth-order valence-corrected chi connectivity index (χ4v) is 1.69. The van der Waals surface area contributed by atoms with Crippen molar-refractivity contribution >= 4 is 11.9 Å². The summed E-state index contributed by atoms with van der Waals surface area (Å²) >= 11 is 0. The van der Waals surface area contributed by atoms with Crippen LogP contribution >= 0.6 is 0 Å². The summed E-state index contributed by atoms with van der Waals surface area (Å²) in [4.78, 5) is 22.8. The molecule has 0 aliphatic rings. The Kier molecular flexibility index (Phi) is 13.1. The van der Waals surface area contributed by atoms with Crippen molar-refractivity contribution in [2.45, 2.75) is 58.8 Å². The highest BCUT2D eigenvalue weighted by molar-refractivity contribution is 5.72. The van der Waals surface area contributed by atoms with Gasteiger partial charge in [0.1, 0.15) is 0 Å². The highest BCUT2D eigenvalue weighted by atomic mass is 16.5. The summed E-state index contributed by atoms with van der Waals surface area (Å²) in [6.45, 7) is 5.79. The lowest BCUT2D eigenvalue weighted by Crippen LogP contribution is -2.11. The van der Waals surface area contributed by atoms with E-state index in [1.165, 1.54) is 0 Å². The largest absolute Gasteiger partial charge is 0.466 e. The first-order valence-corrected chi connectivity index (χ1v) is 7.90. The zero-order valence-electron chi connectivity index (χ0n) is 13.7. The second-order valence-electron chi connectivity index (χ2n) is 5.32. The highest BCUT2D eigenvalue weighted by Crippen LogP contribution is 2.08. The summed E-state index contributed by atoms with van der Waals surface area (Å²) in [5.74, 6) is 0.00558. The quantitative estimate of drug-likeness (QED) is 0.386. The smallest absolute Gasteiger partial charge is 0.305 e. The van der Waals surface area contributed by atoms with Crippen LogP contribution in [0.15, 0.2) is 0 Å². The second kappa shape index (κ2) is 13.9. The number of unbranched alkanes of at least 4 members (excludes halogenated alkanes) is 1. The molecule has 1 unspecified atom stereocenters. The summed E-state index contributed by atoms with van der Waals surface area (Å²) < 4.78 is 15.2. The molecule has 0 spiro atoms. The van der Waals surface area contributed by atoms with E-state index in [0.717, 1.165) is 32.3 Å². The van der Waals surface area contributed by atoms with Crippen molar-refractivity contribution in [3.8, 4) is 0 Å². The maximum absolute atomic E-state index is 11.5. The number of methoxy groups -OCH3 is 1. The Morgan fingerprint density at radius 1 is 0.905 bits per heavy atom. The van der Waals surface area contributed by atoms with Crippen molar-refractivity contribution in [2.75, 3.05) is 26.9 Å². The van der Waals surface area contributed by atoms with Crippen LogP contribution in [0.2, 0.25) is 0 Å². The average Bonchev–Trinajstić information content (AvgIpc) is 2.45. The first kappa shape index (κ1) is 19.9.